The zero-order chi connectivity index (χ0) is 13.1. The number of furan rings is 1. The number of nitrogens with one attached hydrogen (secondary N) is 2. The van der Waals surface area contributed by atoms with E-state index in [1.807, 2.05) is 16.9 Å². The van der Waals surface area contributed by atoms with Crippen LogP contribution in [0.2, 0.25) is 0 Å². The molecule has 0 saturated carbocycles. The van der Waals surface area contributed by atoms with Gasteiger partial charge in [0.2, 0.25) is 0 Å². The molecule has 0 saturated heterocycles. The summed E-state index contributed by atoms with van der Waals surface area (Å²) in [5.41, 5.74) is 1.19. The van der Waals surface area contributed by atoms with Crippen molar-refractivity contribution in [1.82, 2.24) is 20.4 Å². The molecule has 1 amide bonds. The maximum Gasteiger partial charge on any atom is 0.286 e. The molecule has 6 heteroatoms. The monoisotopic (exact) mass is 260 g/mol. The molecule has 3 heterocycles. The smallest absolute Gasteiger partial charge is 0.286 e. The Morgan fingerprint density at radius 1 is 1.58 bits per heavy atom. The van der Waals surface area contributed by atoms with Gasteiger partial charge in [0.25, 0.3) is 5.91 Å². The minimum Gasteiger partial charge on any atom is -0.459 e. The van der Waals surface area contributed by atoms with Crippen LogP contribution >= 0.6 is 0 Å². The van der Waals surface area contributed by atoms with Crippen molar-refractivity contribution >= 4 is 5.91 Å². The van der Waals surface area contributed by atoms with Gasteiger partial charge in [0.15, 0.2) is 5.76 Å². The van der Waals surface area contributed by atoms with E-state index >= 15 is 0 Å². The van der Waals surface area contributed by atoms with Crippen LogP contribution in [0.25, 0.3) is 0 Å². The molecule has 19 heavy (non-hydrogen) atoms. The number of fused-ring (bicyclic) bond motifs is 1. The predicted molar refractivity (Wildman–Crippen MR) is 68.6 cm³/mol. The predicted octanol–water partition coefficient (Wildman–Crippen LogP) is 0.940. The summed E-state index contributed by atoms with van der Waals surface area (Å²) in [4.78, 5) is 11.7. The second-order valence-electron chi connectivity index (χ2n) is 4.57. The number of carbonyl (C=O) groups is 1. The lowest BCUT2D eigenvalue weighted by Crippen LogP contribution is -2.36. The number of rotatable bonds is 4. The highest BCUT2D eigenvalue weighted by Crippen LogP contribution is 2.16. The molecule has 2 aromatic heterocycles. The van der Waals surface area contributed by atoms with E-state index in [1.165, 1.54) is 12.0 Å². The molecule has 100 valence electrons. The number of nitrogens with zero attached hydrogens (tertiary/aromatic N) is 2. The lowest BCUT2D eigenvalue weighted by molar-refractivity contribution is 0.0923. The van der Waals surface area contributed by atoms with Crippen molar-refractivity contribution in [2.45, 2.75) is 19.0 Å². The van der Waals surface area contributed by atoms with Gasteiger partial charge < -0.3 is 15.1 Å². The topological polar surface area (TPSA) is 72.1 Å². The van der Waals surface area contributed by atoms with Crippen LogP contribution in [0, 0.1) is 0 Å². The van der Waals surface area contributed by atoms with Gasteiger partial charge in [-0.2, -0.15) is 5.10 Å². The summed E-state index contributed by atoms with van der Waals surface area (Å²) in [6.45, 7) is 2.34. The number of amides is 1. The third kappa shape index (κ3) is 2.53. The first-order chi connectivity index (χ1) is 9.34. The fourth-order valence-electron chi connectivity index (χ4n) is 2.34. The zero-order valence-corrected chi connectivity index (χ0v) is 10.5. The Morgan fingerprint density at radius 2 is 2.53 bits per heavy atom. The van der Waals surface area contributed by atoms with Gasteiger partial charge in [-0.05, 0) is 24.6 Å². The Labute approximate surface area is 110 Å². The fourth-order valence-corrected chi connectivity index (χ4v) is 2.34. The molecule has 0 radical (unpaired) electrons. The minimum atomic E-state index is -0.172. The molecule has 1 atom stereocenters. The van der Waals surface area contributed by atoms with Crippen LogP contribution in [0.1, 0.15) is 28.7 Å². The van der Waals surface area contributed by atoms with E-state index in [2.05, 4.69) is 15.7 Å². The summed E-state index contributed by atoms with van der Waals surface area (Å²) in [6, 6.07) is 5.66. The lowest BCUT2D eigenvalue weighted by Gasteiger charge is -2.25. The molecule has 6 nitrogen and oxygen atoms in total. The summed E-state index contributed by atoms with van der Waals surface area (Å²) >= 11 is 0. The van der Waals surface area contributed by atoms with E-state index in [1.54, 1.807) is 12.1 Å². The van der Waals surface area contributed by atoms with E-state index in [4.69, 9.17) is 4.42 Å². The molecule has 0 spiro atoms. The molecule has 1 unspecified atom stereocenters. The largest absolute Gasteiger partial charge is 0.459 e. The minimum absolute atomic E-state index is 0.172. The van der Waals surface area contributed by atoms with Crippen LogP contribution in [0.4, 0.5) is 0 Å². The van der Waals surface area contributed by atoms with Gasteiger partial charge in [-0.15, -0.1) is 0 Å². The van der Waals surface area contributed by atoms with E-state index < -0.39 is 0 Å². The highest BCUT2D eigenvalue weighted by molar-refractivity contribution is 5.91. The first kappa shape index (κ1) is 12.0. The number of carbonyl (C=O) groups excluding carboxylic acids is 1. The summed E-state index contributed by atoms with van der Waals surface area (Å²) in [5, 5.41) is 10.5. The Morgan fingerprint density at radius 3 is 3.37 bits per heavy atom. The summed E-state index contributed by atoms with van der Waals surface area (Å²) in [6.07, 6.45) is 4.15. The van der Waals surface area contributed by atoms with Crippen LogP contribution in [-0.2, 0) is 6.54 Å². The van der Waals surface area contributed by atoms with Crippen molar-refractivity contribution < 1.29 is 9.21 Å². The van der Waals surface area contributed by atoms with Crippen LogP contribution in [0.5, 0.6) is 0 Å². The third-order valence-corrected chi connectivity index (χ3v) is 3.29. The average molecular weight is 260 g/mol. The Kier molecular flexibility index (Phi) is 3.33. The van der Waals surface area contributed by atoms with Crippen LogP contribution in [0.3, 0.4) is 0 Å². The molecule has 1 aliphatic rings. The van der Waals surface area contributed by atoms with Crippen molar-refractivity contribution in [2.24, 2.45) is 0 Å². The average Bonchev–Trinajstić information content (AvgIpc) is 3.10. The molecule has 2 N–H and O–H groups in total. The molecule has 3 rings (SSSR count). The van der Waals surface area contributed by atoms with E-state index in [0.717, 1.165) is 19.5 Å². The SMILES string of the molecule is O=C(NCCC1CNCc2ccnn21)c1ccco1. The standard InChI is InChI=1S/C13H16N4O2/c18-13(12-2-1-7-19-12)15-5-3-10-8-14-9-11-4-6-16-17(10)11/h1-2,4,6-7,10,14H,3,5,8-9H2,(H,15,18). The first-order valence-corrected chi connectivity index (χ1v) is 6.39. The summed E-state index contributed by atoms with van der Waals surface area (Å²) in [5.74, 6) is 0.177. The molecule has 0 bridgehead atoms. The number of hydrogen-bond acceptors (Lipinski definition) is 4. The molecule has 1 aliphatic heterocycles. The number of aromatic nitrogens is 2. The van der Waals surface area contributed by atoms with Gasteiger partial charge in [-0.1, -0.05) is 0 Å². The highest BCUT2D eigenvalue weighted by atomic mass is 16.3. The quantitative estimate of drug-likeness (QED) is 0.858. The van der Waals surface area contributed by atoms with Crippen molar-refractivity contribution in [3.63, 3.8) is 0 Å². The fraction of sp³-hybridized carbons (Fsp3) is 0.385. The first-order valence-electron chi connectivity index (χ1n) is 6.39. The third-order valence-electron chi connectivity index (χ3n) is 3.29. The zero-order valence-electron chi connectivity index (χ0n) is 10.5. The van der Waals surface area contributed by atoms with E-state index in [-0.39, 0.29) is 11.9 Å². The van der Waals surface area contributed by atoms with Crippen LogP contribution < -0.4 is 10.6 Å². The van der Waals surface area contributed by atoms with Gasteiger partial charge >= 0.3 is 0 Å². The maximum absolute atomic E-state index is 11.7. The van der Waals surface area contributed by atoms with Crippen molar-refractivity contribution in [1.29, 1.82) is 0 Å². The van der Waals surface area contributed by atoms with Crippen LogP contribution in [-0.4, -0.2) is 28.8 Å². The van der Waals surface area contributed by atoms with E-state index in [9.17, 15) is 4.79 Å². The van der Waals surface area contributed by atoms with Crippen molar-refractivity contribution in [2.75, 3.05) is 13.1 Å². The molecule has 0 fully saturated rings. The van der Waals surface area contributed by atoms with Gasteiger partial charge in [-0.25, -0.2) is 0 Å². The Balaban J connectivity index is 1.53. The van der Waals surface area contributed by atoms with Gasteiger partial charge in [0.1, 0.15) is 0 Å². The van der Waals surface area contributed by atoms with Crippen molar-refractivity contribution in [3.05, 3.63) is 42.1 Å². The second kappa shape index (κ2) is 5.27. The van der Waals surface area contributed by atoms with Crippen molar-refractivity contribution in [3.8, 4) is 0 Å². The highest BCUT2D eigenvalue weighted by Gasteiger charge is 2.19. The molecule has 0 aliphatic carbocycles. The van der Waals surface area contributed by atoms with E-state index in [0.29, 0.717) is 12.3 Å². The normalized spacial score (nSPS) is 18.0. The maximum atomic E-state index is 11.7. The number of hydrogen-bond donors (Lipinski definition) is 2. The summed E-state index contributed by atoms with van der Waals surface area (Å²) in [7, 11) is 0. The molecule has 2 aromatic rings. The van der Waals surface area contributed by atoms with Gasteiger partial charge in [0.05, 0.1) is 18.0 Å². The second-order valence-corrected chi connectivity index (χ2v) is 4.57. The van der Waals surface area contributed by atoms with Gasteiger partial charge in [-0.3, -0.25) is 9.48 Å². The Bertz CT molecular complexity index is 547. The molecular formula is C13H16N4O2. The molecular weight excluding hydrogens is 244 g/mol. The Hall–Kier alpha value is -2.08. The lowest BCUT2D eigenvalue weighted by atomic mass is 10.1. The summed E-state index contributed by atoms with van der Waals surface area (Å²) < 4.78 is 7.08. The van der Waals surface area contributed by atoms with Crippen LogP contribution in [0.15, 0.2) is 35.1 Å². The molecule has 0 aromatic carbocycles. The van der Waals surface area contributed by atoms with Gasteiger partial charge in [0, 0.05) is 25.8 Å².